The standard InChI is InChI=1S/C15H21ClN2O2S/c1-3-13(17)8-11-10-18(6-7-21(2,19)20)15-9-12(16)4-5-14(11)15/h4-5,9-10,13H,3,6-8,17H2,1-2H3. The monoisotopic (exact) mass is 328 g/mol. The van der Waals surface area contributed by atoms with Gasteiger partial charge in [0.2, 0.25) is 0 Å². The minimum atomic E-state index is -3.00. The summed E-state index contributed by atoms with van der Waals surface area (Å²) in [6, 6.07) is 5.81. The molecule has 1 atom stereocenters. The Bertz CT molecular complexity index is 737. The highest BCUT2D eigenvalue weighted by molar-refractivity contribution is 7.90. The van der Waals surface area contributed by atoms with Gasteiger partial charge in [0.1, 0.15) is 9.84 Å². The van der Waals surface area contributed by atoms with Crippen LogP contribution in [0.25, 0.3) is 10.9 Å². The molecule has 6 heteroatoms. The van der Waals surface area contributed by atoms with Crippen molar-refractivity contribution in [2.24, 2.45) is 5.73 Å². The van der Waals surface area contributed by atoms with Gasteiger partial charge in [-0.25, -0.2) is 8.42 Å². The zero-order valence-corrected chi connectivity index (χ0v) is 13.9. The number of sulfone groups is 1. The largest absolute Gasteiger partial charge is 0.346 e. The van der Waals surface area contributed by atoms with Gasteiger partial charge in [-0.15, -0.1) is 0 Å². The Kier molecular flexibility index (Phi) is 4.96. The molecule has 116 valence electrons. The summed E-state index contributed by atoms with van der Waals surface area (Å²) >= 11 is 6.07. The number of halogens is 1. The normalized spacial score (nSPS) is 13.7. The van der Waals surface area contributed by atoms with Crippen LogP contribution in [0, 0.1) is 0 Å². The van der Waals surface area contributed by atoms with Gasteiger partial charge in [0, 0.05) is 41.0 Å². The number of aryl methyl sites for hydroxylation is 1. The fraction of sp³-hybridized carbons (Fsp3) is 0.467. The van der Waals surface area contributed by atoms with Crippen molar-refractivity contribution in [2.75, 3.05) is 12.0 Å². The number of rotatable bonds is 6. The van der Waals surface area contributed by atoms with Crippen molar-refractivity contribution in [3.63, 3.8) is 0 Å². The van der Waals surface area contributed by atoms with Gasteiger partial charge in [-0.2, -0.15) is 0 Å². The van der Waals surface area contributed by atoms with Gasteiger partial charge >= 0.3 is 0 Å². The van der Waals surface area contributed by atoms with E-state index in [0.29, 0.717) is 11.6 Å². The third-order valence-electron chi connectivity index (χ3n) is 3.64. The second-order valence-electron chi connectivity index (χ2n) is 5.51. The molecule has 0 aliphatic heterocycles. The fourth-order valence-electron chi connectivity index (χ4n) is 2.38. The molecule has 2 aromatic rings. The number of aromatic nitrogens is 1. The van der Waals surface area contributed by atoms with Gasteiger partial charge in [0.25, 0.3) is 0 Å². The summed E-state index contributed by atoms with van der Waals surface area (Å²) < 4.78 is 24.7. The number of hydrogen-bond acceptors (Lipinski definition) is 3. The zero-order valence-electron chi connectivity index (χ0n) is 12.3. The highest BCUT2D eigenvalue weighted by Crippen LogP contribution is 2.26. The summed E-state index contributed by atoms with van der Waals surface area (Å²) in [6.45, 7) is 2.49. The van der Waals surface area contributed by atoms with Crippen molar-refractivity contribution in [3.05, 3.63) is 35.0 Å². The number of hydrogen-bond donors (Lipinski definition) is 1. The molecule has 1 aromatic carbocycles. The van der Waals surface area contributed by atoms with Crippen LogP contribution in [0.1, 0.15) is 18.9 Å². The number of nitrogens with two attached hydrogens (primary N) is 1. The van der Waals surface area contributed by atoms with E-state index in [9.17, 15) is 8.42 Å². The van der Waals surface area contributed by atoms with E-state index in [1.165, 1.54) is 6.26 Å². The highest BCUT2D eigenvalue weighted by Gasteiger charge is 2.13. The molecule has 0 amide bonds. The van der Waals surface area contributed by atoms with Crippen molar-refractivity contribution in [3.8, 4) is 0 Å². The summed E-state index contributed by atoms with van der Waals surface area (Å²) in [5.74, 6) is 0.114. The summed E-state index contributed by atoms with van der Waals surface area (Å²) in [4.78, 5) is 0. The number of nitrogens with zero attached hydrogens (tertiary/aromatic N) is 1. The predicted molar refractivity (Wildman–Crippen MR) is 88.6 cm³/mol. The van der Waals surface area contributed by atoms with Crippen LogP contribution in [-0.2, 0) is 22.8 Å². The molecule has 2 N–H and O–H groups in total. The lowest BCUT2D eigenvalue weighted by molar-refractivity contribution is 0.595. The van der Waals surface area contributed by atoms with Gasteiger partial charge < -0.3 is 10.3 Å². The first-order chi connectivity index (χ1) is 9.80. The maximum absolute atomic E-state index is 11.4. The summed E-state index contributed by atoms with van der Waals surface area (Å²) in [6.07, 6.45) is 4.94. The van der Waals surface area contributed by atoms with Crippen LogP contribution in [0.4, 0.5) is 0 Å². The predicted octanol–water partition coefficient (Wildman–Crippen LogP) is 2.62. The Morgan fingerprint density at radius 1 is 1.38 bits per heavy atom. The Morgan fingerprint density at radius 2 is 2.10 bits per heavy atom. The maximum atomic E-state index is 11.4. The van der Waals surface area contributed by atoms with Crippen molar-refractivity contribution in [1.82, 2.24) is 4.57 Å². The van der Waals surface area contributed by atoms with Crippen LogP contribution in [0.2, 0.25) is 5.02 Å². The van der Waals surface area contributed by atoms with Crippen molar-refractivity contribution in [1.29, 1.82) is 0 Å². The third kappa shape index (κ3) is 4.22. The van der Waals surface area contributed by atoms with E-state index in [2.05, 4.69) is 6.92 Å². The average molecular weight is 329 g/mol. The molecule has 1 heterocycles. The van der Waals surface area contributed by atoms with E-state index in [0.717, 1.165) is 29.3 Å². The molecule has 0 spiro atoms. The molecule has 1 unspecified atom stereocenters. The lowest BCUT2D eigenvalue weighted by Gasteiger charge is -2.06. The lowest BCUT2D eigenvalue weighted by Crippen LogP contribution is -2.21. The minimum absolute atomic E-state index is 0.106. The SMILES string of the molecule is CCC(N)Cc1cn(CCS(C)(=O)=O)c2cc(Cl)ccc12. The van der Waals surface area contributed by atoms with Gasteiger partial charge in [0.15, 0.2) is 0 Å². The molecular formula is C15H21ClN2O2S. The maximum Gasteiger partial charge on any atom is 0.149 e. The average Bonchev–Trinajstić information content (AvgIpc) is 2.73. The van der Waals surface area contributed by atoms with Crippen LogP contribution in [-0.4, -0.2) is 31.0 Å². The molecule has 1 aromatic heterocycles. The lowest BCUT2D eigenvalue weighted by atomic mass is 10.0. The molecule has 0 radical (unpaired) electrons. The minimum Gasteiger partial charge on any atom is -0.346 e. The van der Waals surface area contributed by atoms with E-state index < -0.39 is 9.84 Å². The van der Waals surface area contributed by atoms with Crippen molar-refractivity contribution < 1.29 is 8.42 Å². The molecule has 0 fully saturated rings. The molecule has 4 nitrogen and oxygen atoms in total. The van der Waals surface area contributed by atoms with Crippen LogP contribution in [0.15, 0.2) is 24.4 Å². The Labute approximate surface area is 130 Å². The molecule has 2 rings (SSSR count). The van der Waals surface area contributed by atoms with E-state index in [1.807, 2.05) is 29.0 Å². The summed E-state index contributed by atoms with van der Waals surface area (Å²) in [5, 5.41) is 1.74. The first-order valence-corrected chi connectivity index (χ1v) is 9.44. The van der Waals surface area contributed by atoms with Gasteiger partial charge in [-0.1, -0.05) is 24.6 Å². The van der Waals surface area contributed by atoms with E-state index in [4.69, 9.17) is 17.3 Å². The first kappa shape index (κ1) is 16.3. The summed E-state index contributed by atoms with van der Waals surface area (Å²) in [5.41, 5.74) is 8.15. The van der Waals surface area contributed by atoms with E-state index >= 15 is 0 Å². The molecule has 21 heavy (non-hydrogen) atoms. The second kappa shape index (κ2) is 6.38. The zero-order chi connectivity index (χ0) is 15.6. The molecule has 0 aliphatic rings. The van der Waals surface area contributed by atoms with E-state index in [-0.39, 0.29) is 11.8 Å². The van der Waals surface area contributed by atoms with Crippen LogP contribution < -0.4 is 5.73 Å². The molecule has 0 saturated carbocycles. The van der Waals surface area contributed by atoms with Crippen molar-refractivity contribution >= 4 is 32.3 Å². The second-order valence-corrected chi connectivity index (χ2v) is 8.21. The first-order valence-electron chi connectivity index (χ1n) is 7.00. The highest BCUT2D eigenvalue weighted by atomic mass is 35.5. The van der Waals surface area contributed by atoms with Gasteiger partial charge in [0.05, 0.1) is 5.75 Å². The van der Waals surface area contributed by atoms with Gasteiger partial charge in [-0.3, -0.25) is 0 Å². The van der Waals surface area contributed by atoms with Gasteiger partial charge in [-0.05, 0) is 30.5 Å². The van der Waals surface area contributed by atoms with Crippen molar-refractivity contribution in [2.45, 2.75) is 32.4 Å². The fourth-order valence-corrected chi connectivity index (χ4v) is 3.07. The quantitative estimate of drug-likeness (QED) is 0.886. The molecule has 0 bridgehead atoms. The Hall–Kier alpha value is -1.04. The smallest absolute Gasteiger partial charge is 0.149 e. The molecule has 0 saturated heterocycles. The number of benzene rings is 1. The van der Waals surface area contributed by atoms with Crippen LogP contribution in [0.5, 0.6) is 0 Å². The Balaban J connectivity index is 2.41. The molecular weight excluding hydrogens is 308 g/mol. The van der Waals surface area contributed by atoms with Crippen LogP contribution in [0.3, 0.4) is 0 Å². The topological polar surface area (TPSA) is 65.1 Å². The van der Waals surface area contributed by atoms with E-state index in [1.54, 1.807) is 0 Å². The number of fused-ring (bicyclic) bond motifs is 1. The third-order valence-corrected chi connectivity index (χ3v) is 4.80. The molecule has 0 aliphatic carbocycles. The summed E-state index contributed by atoms with van der Waals surface area (Å²) in [7, 11) is -3.00. The van der Waals surface area contributed by atoms with Crippen LogP contribution >= 0.6 is 11.6 Å². The Morgan fingerprint density at radius 3 is 2.71 bits per heavy atom.